The van der Waals surface area contributed by atoms with E-state index in [-0.39, 0.29) is 5.41 Å². The molecule has 0 spiro atoms. The van der Waals surface area contributed by atoms with E-state index in [2.05, 4.69) is 139 Å². The molecule has 1 aliphatic carbocycles. The van der Waals surface area contributed by atoms with Crippen LogP contribution >= 0.6 is 0 Å². The highest BCUT2D eigenvalue weighted by atomic mass is 16.3. The molecule has 2 nitrogen and oxygen atoms in total. The number of hydrogen-bond acceptors (Lipinski definition) is 2. The number of fused-ring (bicyclic) bond motifs is 6. The van der Waals surface area contributed by atoms with Gasteiger partial charge in [0.05, 0.1) is 11.1 Å². The van der Waals surface area contributed by atoms with Gasteiger partial charge in [-0.05, 0) is 57.6 Å². The molecule has 7 aromatic rings. The zero-order chi connectivity index (χ0) is 25.8. The minimum atomic E-state index is -0.383. The molecule has 0 saturated heterocycles. The van der Waals surface area contributed by atoms with Crippen LogP contribution in [-0.4, -0.2) is 0 Å². The molecule has 0 aliphatic heterocycles. The van der Waals surface area contributed by atoms with Gasteiger partial charge in [0.1, 0.15) is 5.58 Å². The van der Waals surface area contributed by atoms with E-state index in [9.17, 15) is 0 Å². The SMILES string of the molecule is c1ccc(C2(c3ccc(Nc4cccc5c4oc4ccccc45)cc3)c3ccccc3-c3ccccc32)cc1. The molecular formula is C37H25NO. The molecule has 1 heterocycles. The van der Waals surface area contributed by atoms with Gasteiger partial charge >= 0.3 is 0 Å². The van der Waals surface area contributed by atoms with Crippen molar-refractivity contribution in [2.75, 3.05) is 5.32 Å². The van der Waals surface area contributed by atoms with Gasteiger partial charge in [0.15, 0.2) is 5.58 Å². The van der Waals surface area contributed by atoms with Gasteiger partial charge in [0, 0.05) is 16.5 Å². The van der Waals surface area contributed by atoms with E-state index in [0.29, 0.717) is 0 Å². The third kappa shape index (κ3) is 3.15. The summed E-state index contributed by atoms with van der Waals surface area (Å²) in [7, 11) is 0. The second kappa shape index (κ2) is 8.47. The Morgan fingerprint density at radius 2 is 1.05 bits per heavy atom. The maximum absolute atomic E-state index is 6.25. The molecule has 0 atom stereocenters. The van der Waals surface area contributed by atoms with Gasteiger partial charge in [-0.25, -0.2) is 0 Å². The first-order chi connectivity index (χ1) is 19.3. The summed E-state index contributed by atoms with van der Waals surface area (Å²) >= 11 is 0. The largest absolute Gasteiger partial charge is 0.454 e. The summed E-state index contributed by atoms with van der Waals surface area (Å²) < 4.78 is 6.25. The lowest BCUT2D eigenvalue weighted by Crippen LogP contribution is -2.28. The van der Waals surface area contributed by atoms with Crippen LogP contribution in [0.4, 0.5) is 11.4 Å². The van der Waals surface area contributed by atoms with Crippen LogP contribution in [0, 0.1) is 0 Å². The minimum absolute atomic E-state index is 0.383. The zero-order valence-electron chi connectivity index (χ0n) is 21.3. The Hall–Kier alpha value is -5.08. The third-order valence-corrected chi connectivity index (χ3v) is 8.16. The quantitative estimate of drug-likeness (QED) is 0.261. The molecule has 0 unspecified atom stereocenters. The van der Waals surface area contributed by atoms with Crippen molar-refractivity contribution >= 4 is 33.3 Å². The average Bonchev–Trinajstić information content (AvgIpc) is 3.53. The van der Waals surface area contributed by atoms with Crippen molar-refractivity contribution < 1.29 is 4.42 Å². The van der Waals surface area contributed by atoms with Crippen molar-refractivity contribution in [3.8, 4) is 11.1 Å². The summed E-state index contributed by atoms with van der Waals surface area (Å²) in [6, 6.07) is 52.0. The monoisotopic (exact) mass is 499 g/mol. The van der Waals surface area contributed by atoms with E-state index < -0.39 is 0 Å². The second-order valence-electron chi connectivity index (χ2n) is 10.2. The third-order valence-electron chi connectivity index (χ3n) is 8.16. The molecule has 1 N–H and O–H groups in total. The van der Waals surface area contributed by atoms with Crippen molar-refractivity contribution in [1.82, 2.24) is 0 Å². The van der Waals surface area contributed by atoms with Gasteiger partial charge in [-0.15, -0.1) is 0 Å². The zero-order valence-corrected chi connectivity index (χ0v) is 21.3. The fourth-order valence-corrected chi connectivity index (χ4v) is 6.52. The summed E-state index contributed by atoms with van der Waals surface area (Å²) in [6.45, 7) is 0. The van der Waals surface area contributed by atoms with Crippen molar-refractivity contribution in [3.05, 3.63) is 168 Å². The van der Waals surface area contributed by atoms with Gasteiger partial charge in [0.25, 0.3) is 0 Å². The smallest absolute Gasteiger partial charge is 0.158 e. The standard InChI is InChI=1S/C37H25NO/c1-2-11-25(12-3-1)37(32-17-7-4-13-28(32)29-14-5-8-18-33(29)37)26-21-23-27(24-22-26)38-34-19-10-16-31-30-15-6-9-20-35(30)39-36(31)34/h1-24,38H. The molecule has 0 radical (unpaired) electrons. The highest BCUT2D eigenvalue weighted by Gasteiger charge is 2.45. The lowest BCUT2D eigenvalue weighted by Gasteiger charge is -2.34. The second-order valence-corrected chi connectivity index (χ2v) is 10.2. The molecule has 6 aromatic carbocycles. The van der Waals surface area contributed by atoms with Crippen LogP contribution < -0.4 is 5.32 Å². The van der Waals surface area contributed by atoms with E-state index in [1.54, 1.807) is 0 Å². The Morgan fingerprint density at radius 1 is 0.462 bits per heavy atom. The van der Waals surface area contributed by atoms with Crippen molar-refractivity contribution in [1.29, 1.82) is 0 Å². The lowest BCUT2D eigenvalue weighted by atomic mass is 9.68. The molecule has 2 heteroatoms. The Morgan fingerprint density at radius 3 is 1.79 bits per heavy atom. The van der Waals surface area contributed by atoms with Gasteiger partial charge in [-0.2, -0.15) is 0 Å². The highest BCUT2D eigenvalue weighted by Crippen LogP contribution is 2.56. The molecule has 1 aromatic heterocycles. The number of rotatable bonds is 4. The Bertz CT molecular complexity index is 1940. The molecule has 0 saturated carbocycles. The van der Waals surface area contributed by atoms with E-state index in [0.717, 1.165) is 33.3 Å². The van der Waals surface area contributed by atoms with Crippen LogP contribution in [0.5, 0.6) is 0 Å². The number of hydrogen-bond donors (Lipinski definition) is 1. The van der Waals surface area contributed by atoms with Crippen molar-refractivity contribution in [3.63, 3.8) is 0 Å². The number of furan rings is 1. The van der Waals surface area contributed by atoms with Crippen molar-refractivity contribution in [2.24, 2.45) is 0 Å². The minimum Gasteiger partial charge on any atom is -0.454 e. The normalized spacial score (nSPS) is 13.3. The van der Waals surface area contributed by atoms with Crippen LogP contribution in [-0.2, 0) is 5.41 Å². The molecule has 0 amide bonds. The summed E-state index contributed by atoms with van der Waals surface area (Å²) in [5.74, 6) is 0. The van der Waals surface area contributed by atoms with E-state index in [4.69, 9.17) is 4.42 Å². The molecule has 39 heavy (non-hydrogen) atoms. The maximum Gasteiger partial charge on any atom is 0.158 e. The number of para-hydroxylation sites is 2. The predicted octanol–water partition coefficient (Wildman–Crippen LogP) is 9.69. The van der Waals surface area contributed by atoms with E-state index in [1.807, 2.05) is 12.1 Å². The molecule has 184 valence electrons. The Kier molecular flexibility index (Phi) is 4.77. The van der Waals surface area contributed by atoms with Gasteiger partial charge in [0.2, 0.25) is 0 Å². The van der Waals surface area contributed by atoms with Crippen LogP contribution in [0.2, 0.25) is 0 Å². The number of anilines is 2. The predicted molar refractivity (Wildman–Crippen MR) is 161 cm³/mol. The summed E-state index contributed by atoms with van der Waals surface area (Å²) in [6.07, 6.45) is 0. The van der Waals surface area contributed by atoms with Gasteiger partial charge < -0.3 is 9.73 Å². The number of nitrogens with one attached hydrogen (secondary N) is 1. The Labute approximate surface area is 227 Å². The first kappa shape index (κ1) is 22.0. The lowest BCUT2D eigenvalue weighted by molar-refractivity contribution is 0.670. The van der Waals surface area contributed by atoms with Crippen LogP contribution in [0.15, 0.2) is 150 Å². The van der Waals surface area contributed by atoms with Crippen LogP contribution in [0.1, 0.15) is 22.3 Å². The molecule has 0 bridgehead atoms. The average molecular weight is 500 g/mol. The summed E-state index contributed by atoms with van der Waals surface area (Å²) in [5, 5.41) is 5.88. The van der Waals surface area contributed by atoms with Gasteiger partial charge in [-0.3, -0.25) is 0 Å². The molecule has 8 rings (SSSR count). The van der Waals surface area contributed by atoms with Gasteiger partial charge in [-0.1, -0.05) is 121 Å². The first-order valence-corrected chi connectivity index (χ1v) is 13.4. The fraction of sp³-hybridized carbons (Fsp3) is 0.0270. The van der Waals surface area contributed by atoms with E-state index >= 15 is 0 Å². The summed E-state index contributed by atoms with van der Waals surface area (Å²) in [5.41, 5.74) is 11.2. The van der Waals surface area contributed by atoms with E-state index in [1.165, 1.54) is 33.4 Å². The van der Waals surface area contributed by atoms with Crippen LogP contribution in [0.25, 0.3) is 33.1 Å². The highest BCUT2D eigenvalue weighted by molar-refractivity contribution is 6.09. The van der Waals surface area contributed by atoms with Crippen LogP contribution in [0.3, 0.4) is 0 Å². The Balaban J connectivity index is 1.27. The van der Waals surface area contributed by atoms with Crippen molar-refractivity contribution in [2.45, 2.75) is 5.41 Å². The fourth-order valence-electron chi connectivity index (χ4n) is 6.52. The molecule has 0 fully saturated rings. The molecular weight excluding hydrogens is 474 g/mol. The number of benzene rings is 6. The summed E-state index contributed by atoms with van der Waals surface area (Å²) in [4.78, 5) is 0. The topological polar surface area (TPSA) is 25.2 Å². The maximum atomic E-state index is 6.25. The first-order valence-electron chi connectivity index (χ1n) is 13.4. The molecule has 1 aliphatic rings.